The van der Waals surface area contributed by atoms with Crippen molar-refractivity contribution in [2.45, 2.75) is 86.0 Å². The summed E-state index contributed by atoms with van der Waals surface area (Å²) in [6, 6.07) is 0. The van der Waals surface area contributed by atoms with Crippen LogP contribution < -0.4 is 0 Å². The Balaban J connectivity index is 3.94. The molecule has 0 aromatic rings. The van der Waals surface area contributed by atoms with Crippen LogP contribution in [0.3, 0.4) is 0 Å². The van der Waals surface area contributed by atoms with Gasteiger partial charge in [-0.1, -0.05) is 74.7 Å². The highest BCUT2D eigenvalue weighted by Gasteiger charge is 1.93. The first-order chi connectivity index (χ1) is 12.0. The van der Waals surface area contributed by atoms with Gasteiger partial charge in [-0.3, -0.25) is 0 Å². The Hall–Kier alpha value is -0.820. The molecule has 0 spiro atoms. The van der Waals surface area contributed by atoms with E-state index in [1.54, 1.807) is 0 Å². The van der Waals surface area contributed by atoms with Crippen molar-refractivity contribution in [3.63, 3.8) is 0 Å². The van der Waals surface area contributed by atoms with Crippen molar-refractivity contribution in [2.75, 3.05) is 5.33 Å². The van der Waals surface area contributed by atoms with Gasteiger partial charge in [-0.2, -0.15) is 0 Å². The lowest BCUT2D eigenvalue weighted by Crippen LogP contribution is -1.81. The Morgan fingerprint density at radius 1 is 0.560 bits per heavy atom. The smallest absolute Gasteiger partial charge is 0.0212 e. The van der Waals surface area contributed by atoms with Crippen LogP contribution in [0.4, 0.5) is 0 Å². The summed E-state index contributed by atoms with van der Waals surface area (Å²) in [5.74, 6) is 0. The van der Waals surface area contributed by atoms with Crippen molar-refractivity contribution < 1.29 is 0 Å². The molecule has 0 atom stereocenters. The summed E-state index contributed by atoms with van der Waals surface area (Å²) in [7, 11) is 0. The highest BCUT2D eigenvalue weighted by atomic mass is 79.9. The maximum Gasteiger partial charge on any atom is 0.0212 e. The second-order valence-corrected chi connectivity index (χ2v) is 7.90. The Labute approximate surface area is 166 Å². The van der Waals surface area contributed by atoms with Crippen molar-refractivity contribution in [1.82, 2.24) is 0 Å². The maximum absolute atomic E-state index is 3.41. The van der Waals surface area contributed by atoms with Crippen LogP contribution in [-0.2, 0) is 0 Å². The van der Waals surface area contributed by atoms with E-state index >= 15 is 0 Å². The summed E-state index contributed by atoms with van der Waals surface area (Å²) in [4.78, 5) is 0. The number of hydrogen-bond acceptors (Lipinski definition) is 0. The minimum absolute atomic E-state index is 0.962. The average molecular weight is 407 g/mol. The Morgan fingerprint density at radius 3 is 1.48 bits per heavy atom. The zero-order chi connectivity index (χ0) is 18.9. The van der Waals surface area contributed by atoms with E-state index in [2.05, 4.69) is 87.0 Å². The molecule has 0 saturated carbocycles. The van der Waals surface area contributed by atoms with E-state index in [0.717, 1.165) is 11.8 Å². The largest absolute Gasteiger partial charge is 0.0883 e. The molecule has 0 aliphatic carbocycles. The molecule has 0 aliphatic heterocycles. The number of unbranched alkanes of at least 4 members (excludes halogenated alkanes) is 1. The molecular formula is C24H39Br. The highest BCUT2D eigenvalue weighted by Crippen LogP contribution is 2.13. The lowest BCUT2D eigenvalue weighted by Gasteiger charge is -2.02. The molecule has 0 heterocycles. The normalized spacial score (nSPS) is 13.6. The molecule has 25 heavy (non-hydrogen) atoms. The van der Waals surface area contributed by atoms with E-state index in [1.807, 2.05) is 0 Å². The van der Waals surface area contributed by atoms with Crippen molar-refractivity contribution in [2.24, 2.45) is 0 Å². The van der Waals surface area contributed by atoms with Crippen LogP contribution in [0.25, 0.3) is 0 Å². The van der Waals surface area contributed by atoms with Crippen LogP contribution in [0.15, 0.2) is 58.7 Å². The monoisotopic (exact) mass is 406 g/mol. The molecule has 0 amide bonds. The van der Waals surface area contributed by atoms with Gasteiger partial charge in [0.2, 0.25) is 0 Å². The molecule has 142 valence electrons. The van der Waals surface area contributed by atoms with Gasteiger partial charge in [-0.05, 0) is 86.0 Å². The van der Waals surface area contributed by atoms with Crippen LogP contribution in [0.2, 0.25) is 0 Å². The van der Waals surface area contributed by atoms with Gasteiger partial charge in [0, 0.05) is 5.33 Å². The SMILES string of the molecule is CC(C)=CCC/C(C)=C/CC/C(C)=C/CC/C=C(\C)CC/C=C/CBr. The third kappa shape index (κ3) is 17.8. The van der Waals surface area contributed by atoms with E-state index in [-0.39, 0.29) is 0 Å². The van der Waals surface area contributed by atoms with E-state index in [0.29, 0.717) is 0 Å². The lowest BCUT2D eigenvalue weighted by atomic mass is 10.0. The Morgan fingerprint density at radius 2 is 1.00 bits per heavy atom. The molecule has 0 nitrogen and oxygen atoms in total. The fraction of sp³-hybridized carbons (Fsp3) is 0.583. The first-order valence-corrected chi connectivity index (χ1v) is 10.9. The predicted molar refractivity (Wildman–Crippen MR) is 121 cm³/mol. The third-order valence-corrected chi connectivity index (χ3v) is 4.61. The van der Waals surface area contributed by atoms with E-state index in [1.165, 1.54) is 67.2 Å². The summed E-state index contributed by atoms with van der Waals surface area (Å²) >= 11 is 3.41. The van der Waals surface area contributed by atoms with Crippen LogP contribution in [0, 0.1) is 0 Å². The fourth-order valence-electron chi connectivity index (χ4n) is 2.59. The molecule has 0 rings (SSSR count). The molecule has 0 fully saturated rings. The third-order valence-electron chi connectivity index (χ3n) is 4.24. The number of hydrogen-bond donors (Lipinski definition) is 0. The number of rotatable bonds is 13. The molecule has 0 saturated heterocycles. The van der Waals surface area contributed by atoms with E-state index in [9.17, 15) is 0 Å². The molecule has 0 aromatic heterocycles. The molecular weight excluding hydrogens is 368 g/mol. The zero-order valence-corrected chi connectivity index (χ0v) is 18.8. The topological polar surface area (TPSA) is 0 Å². The minimum atomic E-state index is 0.962. The highest BCUT2D eigenvalue weighted by molar-refractivity contribution is 9.09. The summed E-state index contributed by atoms with van der Waals surface area (Å²) in [5.41, 5.74) is 5.99. The van der Waals surface area contributed by atoms with Gasteiger partial charge in [0.15, 0.2) is 0 Å². The minimum Gasteiger partial charge on any atom is -0.0883 e. The van der Waals surface area contributed by atoms with Gasteiger partial charge in [0.1, 0.15) is 0 Å². The molecule has 0 aromatic carbocycles. The average Bonchev–Trinajstić information content (AvgIpc) is 2.55. The van der Waals surface area contributed by atoms with Gasteiger partial charge in [0.25, 0.3) is 0 Å². The van der Waals surface area contributed by atoms with Gasteiger partial charge < -0.3 is 0 Å². The predicted octanol–water partition coefficient (Wildman–Crippen LogP) is 8.86. The molecule has 0 aliphatic rings. The van der Waals surface area contributed by atoms with Crippen LogP contribution in [0.1, 0.15) is 86.0 Å². The summed E-state index contributed by atoms with van der Waals surface area (Å²) in [5, 5.41) is 0.962. The van der Waals surface area contributed by atoms with Crippen LogP contribution in [-0.4, -0.2) is 5.33 Å². The fourth-order valence-corrected chi connectivity index (χ4v) is 2.86. The van der Waals surface area contributed by atoms with Crippen LogP contribution >= 0.6 is 15.9 Å². The van der Waals surface area contributed by atoms with Gasteiger partial charge >= 0.3 is 0 Å². The molecule has 0 bridgehead atoms. The van der Waals surface area contributed by atoms with Crippen LogP contribution in [0.5, 0.6) is 0 Å². The first-order valence-electron chi connectivity index (χ1n) is 9.77. The van der Waals surface area contributed by atoms with Gasteiger partial charge in [-0.15, -0.1) is 0 Å². The summed E-state index contributed by atoms with van der Waals surface area (Å²) in [6.07, 6.45) is 23.4. The molecule has 1 heteroatoms. The maximum atomic E-state index is 3.41. The Kier molecular flexibility index (Phi) is 16.1. The zero-order valence-electron chi connectivity index (χ0n) is 17.2. The molecule has 0 unspecified atom stereocenters. The second kappa shape index (κ2) is 16.6. The van der Waals surface area contributed by atoms with E-state index in [4.69, 9.17) is 0 Å². The second-order valence-electron chi connectivity index (χ2n) is 7.25. The summed E-state index contributed by atoms with van der Waals surface area (Å²) < 4.78 is 0. The first kappa shape index (κ1) is 24.2. The number of halogens is 1. The standard InChI is InChI=1S/C24H39Br/c1-21(2)13-11-17-24(5)19-12-18-23(4)16-9-8-15-22(3)14-7-6-10-20-25/h6,10,13,15-16,19H,7-9,11-12,14,17-18,20H2,1-5H3/b10-6+,22-15+,23-16+,24-19+. The lowest BCUT2D eigenvalue weighted by molar-refractivity contribution is 0.902. The quantitative estimate of drug-likeness (QED) is 0.162. The van der Waals surface area contributed by atoms with E-state index < -0.39 is 0 Å². The van der Waals surface area contributed by atoms with Crippen molar-refractivity contribution in [3.05, 3.63) is 58.7 Å². The van der Waals surface area contributed by atoms with Gasteiger partial charge in [0.05, 0.1) is 0 Å². The van der Waals surface area contributed by atoms with Gasteiger partial charge in [-0.25, -0.2) is 0 Å². The molecule has 0 radical (unpaired) electrons. The summed E-state index contributed by atoms with van der Waals surface area (Å²) in [6.45, 7) is 11.1. The Bertz CT molecular complexity index is 482. The van der Waals surface area contributed by atoms with Crippen molar-refractivity contribution >= 4 is 15.9 Å². The van der Waals surface area contributed by atoms with Crippen molar-refractivity contribution in [1.29, 1.82) is 0 Å². The number of alkyl halides is 1. The molecule has 0 N–H and O–H groups in total. The number of allylic oxidation sites excluding steroid dienone is 10. The van der Waals surface area contributed by atoms with Crippen molar-refractivity contribution in [3.8, 4) is 0 Å².